The van der Waals surface area contributed by atoms with Gasteiger partial charge in [-0.25, -0.2) is 4.79 Å². The number of hydrogen-bond acceptors (Lipinski definition) is 5. The number of carbonyl (C=O) groups is 4. The fraction of sp³-hybridized carbons (Fsp3) is 0.304. The first-order valence-electron chi connectivity index (χ1n) is 10.1. The number of imide groups is 1. The van der Waals surface area contributed by atoms with Crippen LogP contribution in [0.15, 0.2) is 48.5 Å². The molecule has 9 heteroatoms. The molecule has 1 saturated heterocycles. The number of para-hydroxylation sites is 1. The molecule has 32 heavy (non-hydrogen) atoms. The normalized spacial score (nSPS) is 17.8. The van der Waals surface area contributed by atoms with E-state index in [-0.39, 0.29) is 17.5 Å². The van der Waals surface area contributed by atoms with Gasteiger partial charge in [0.05, 0.1) is 18.4 Å². The molecule has 0 aliphatic carbocycles. The summed E-state index contributed by atoms with van der Waals surface area (Å²) < 4.78 is 5.13. The van der Waals surface area contributed by atoms with Crippen molar-refractivity contribution in [3.63, 3.8) is 0 Å². The van der Waals surface area contributed by atoms with Crippen LogP contribution in [0, 0.1) is 0 Å². The summed E-state index contributed by atoms with van der Waals surface area (Å²) in [6, 6.07) is 12.5. The molecular formula is C23H26N4O5. The molecule has 0 saturated carbocycles. The molecule has 168 valence electrons. The number of benzene rings is 2. The fourth-order valence-corrected chi connectivity index (χ4v) is 3.42. The van der Waals surface area contributed by atoms with E-state index in [1.807, 2.05) is 13.8 Å². The van der Waals surface area contributed by atoms with Gasteiger partial charge in [-0.1, -0.05) is 24.3 Å². The molecule has 1 aliphatic rings. The maximum absolute atomic E-state index is 13.0. The second-order valence-electron chi connectivity index (χ2n) is 7.90. The van der Waals surface area contributed by atoms with Crippen molar-refractivity contribution in [3.8, 4) is 5.75 Å². The molecule has 0 spiro atoms. The van der Waals surface area contributed by atoms with Crippen LogP contribution in [0.3, 0.4) is 0 Å². The van der Waals surface area contributed by atoms with Gasteiger partial charge in [0, 0.05) is 6.04 Å². The lowest BCUT2D eigenvalue weighted by Crippen LogP contribution is -2.42. The van der Waals surface area contributed by atoms with E-state index in [1.54, 1.807) is 55.5 Å². The average molecular weight is 438 g/mol. The van der Waals surface area contributed by atoms with Gasteiger partial charge in [-0.2, -0.15) is 0 Å². The fourth-order valence-electron chi connectivity index (χ4n) is 3.42. The van der Waals surface area contributed by atoms with Gasteiger partial charge in [-0.15, -0.1) is 0 Å². The van der Waals surface area contributed by atoms with E-state index < -0.39 is 29.9 Å². The summed E-state index contributed by atoms with van der Waals surface area (Å²) in [7, 11) is 1.53. The Morgan fingerprint density at radius 3 is 2.38 bits per heavy atom. The molecular weight excluding hydrogens is 412 g/mol. The summed E-state index contributed by atoms with van der Waals surface area (Å²) in [6.45, 7) is 4.75. The van der Waals surface area contributed by atoms with Crippen LogP contribution in [0.4, 0.5) is 10.5 Å². The van der Waals surface area contributed by atoms with Crippen LogP contribution in [0.5, 0.6) is 5.75 Å². The monoisotopic (exact) mass is 438 g/mol. The predicted molar refractivity (Wildman–Crippen MR) is 118 cm³/mol. The summed E-state index contributed by atoms with van der Waals surface area (Å²) in [5.41, 5.74) is -0.163. The Hall–Kier alpha value is -3.88. The molecule has 5 amide bonds. The summed E-state index contributed by atoms with van der Waals surface area (Å²) >= 11 is 0. The van der Waals surface area contributed by atoms with E-state index in [0.29, 0.717) is 17.0 Å². The van der Waals surface area contributed by atoms with Crippen LogP contribution in [-0.4, -0.2) is 48.3 Å². The Morgan fingerprint density at radius 2 is 1.75 bits per heavy atom. The van der Waals surface area contributed by atoms with E-state index in [4.69, 9.17) is 4.74 Å². The third kappa shape index (κ3) is 4.56. The Bertz CT molecular complexity index is 1050. The summed E-state index contributed by atoms with van der Waals surface area (Å²) in [5.74, 6) is -0.866. The number of hydrogen-bond donors (Lipinski definition) is 3. The number of carbonyl (C=O) groups excluding carboxylic acids is 4. The molecule has 1 aliphatic heterocycles. The van der Waals surface area contributed by atoms with Gasteiger partial charge in [0.2, 0.25) is 5.91 Å². The molecule has 0 aromatic heterocycles. The molecule has 3 N–H and O–H groups in total. The van der Waals surface area contributed by atoms with Crippen LogP contribution in [0.25, 0.3) is 0 Å². The van der Waals surface area contributed by atoms with E-state index in [1.165, 1.54) is 7.11 Å². The number of anilines is 1. The minimum absolute atomic E-state index is 0.0761. The Morgan fingerprint density at radius 1 is 1.09 bits per heavy atom. The number of nitrogens with zero attached hydrogens (tertiary/aromatic N) is 1. The van der Waals surface area contributed by atoms with Gasteiger partial charge < -0.3 is 20.7 Å². The first-order chi connectivity index (χ1) is 15.2. The maximum atomic E-state index is 13.0. The van der Waals surface area contributed by atoms with Crippen LogP contribution in [-0.2, 0) is 15.1 Å². The lowest BCUT2D eigenvalue weighted by atomic mass is 9.92. The SMILES string of the molecule is COc1ccc(C2(C)NC(=O)N(CC(=O)Nc3ccccc3C(=O)NC(C)C)C2=O)cc1. The predicted octanol–water partition coefficient (Wildman–Crippen LogP) is 2.24. The molecule has 1 atom stereocenters. The minimum Gasteiger partial charge on any atom is -0.497 e. The molecule has 1 fully saturated rings. The molecule has 0 radical (unpaired) electrons. The zero-order valence-corrected chi connectivity index (χ0v) is 18.4. The van der Waals surface area contributed by atoms with Gasteiger partial charge in [0.15, 0.2) is 0 Å². The number of urea groups is 1. The third-order valence-electron chi connectivity index (χ3n) is 5.11. The summed E-state index contributed by atoms with van der Waals surface area (Å²) in [4.78, 5) is 51.5. The van der Waals surface area contributed by atoms with Gasteiger partial charge >= 0.3 is 6.03 Å². The van der Waals surface area contributed by atoms with Gasteiger partial charge in [-0.3, -0.25) is 19.3 Å². The van der Waals surface area contributed by atoms with Crippen molar-refractivity contribution in [2.45, 2.75) is 32.4 Å². The molecule has 0 bridgehead atoms. The van der Waals surface area contributed by atoms with Crippen LogP contribution in [0.1, 0.15) is 36.7 Å². The van der Waals surface area contributed by atoms with Crippen molar-refractivity contribution >= 4 is 29.4 Å². The highest BCUT2D eigenvalue weighted by atomic mass is 16.5. The number of amides is 5. The molecule has 1 unspecified atom stereocenters. The Kier molecular flexibility index (Phi) is 6.47. The molecule has 3 rings (SSSR count). The minimum atomic E-state index is -1.31. The van der Waals surface area contributed by atoms with E-state index in [9.17, 15) is 19.2 Å². The highest BCUT2D eigenvalue weighted by molar-refractivity contribution is 6.11. The molecule has 2 aromatic rings. The number of rotatable bonds is 7. The topological polar surface area (TPSA) is 117 Å². The zero-order valence-electron chi connectivity index (χ0n) is 18.4. The summed E-state index contributed by atoms with van der Waals surface area (Å²) in [6.07, 6.45) is 0. The third-order valence-corrected chi connectivity index (χ3v) is 5.11. The highest BCUT2D eigenvalue weighted by Crippen LogP contribution is 2.30. The zero-order chi connectivity index (χ0) is 23.5. The highest BCUT2D eigenvalue weighted by Gasteiger charge is 2.49. The Balaban J connectivity index is 1.74. The maximum Gasteiger partial charge on any atom is 0.325 e. The average Bonchev–Trinajstić information content (AvgIpc) is 2.97. The second kappa shape index (κ2) is 9.09. The van der Waals surface area contributed by atoms with Crippen molar-refractivity contribution in [2.75, 3.05) is 19.0 Å². The first-order valence-corrected chi connectivity index (χ1v) is 10.1. The summed E-state index contributed by atoms with van der Waals surface area (Å²) in [5, 5.41) is 8.05. The van der Waals surface area contributed by atoms with Crippen molar-refractivity contribution in [2.24, 2.45) is 0 Å². The van der Waals surface area contributed by atoms with E-state index in [2.05, 4.69) is 16.0 Å². The smallest absolute Gasteiger partial charge is 0.325 e. The second-order valence-corrected chi connectivity index (χ2v) is 7.90. The molecule has 9 nitrogen and oxygen atoms in total. The largest absolute Gasteiger partial charge is 0.497 e. The van der Waals surface area contributed by atoms with Gasteiger partial charge in [-0.05, 0) is 50.6 Å². The van der Waals surface area contributed by atoms with Crippen molar-refractivity contribution in [3.05, 3.63) is 59.7 Å². The molecule has 2 aromatic carbocycles. The molecule has 1 heterocycles. The van der Waals surface area contributed by atoms with Gasteiger partial charge in [0.25, 0.3) is 11.8 Å². The van der Waals surface area contributed by atoms with Crippen LogP contribution in [0.2, 0.25) is 0 Å². The number of ether oxygens (including phenoxy) is 1. The standard InChI is InChI=1S/C23H26N4O5/c1-14(2)24-20(29)17-7-5-6-8-18(17)25-19(28)13-27-21(30)23(3,26-22(27)31)15-9-11-16(32-4)12-10-15/h5-12,14H,13H2,1-4H3,(H,24,29)(H,25,28)(H,26,31). The van der Waals surface area contributed by atoms with Crippen LogP contribution >= 0.6 is 0 Å². The lowest BCUT2D eigenvalue weighted by Gasteiger charge is -2.22. The van der Waals surface area contributed by atoms with Crippen molar-refractivity contribution in [1.82, 2.24) is 15.5 Å². The van der Waals surface area contributed by atoms with Crippen molar-refractivity contribution < 1.29 is 23.9 Å². The van der Waals surface area contributed by atoms with Gasteiger partial charge in [0.1, 0.15) is 17.8 Å². The number of methoxy groups -OCH3 is 1. The van der Waals surface area contributed by atoms with Crippen LogP contribution < -0.4 is 20.7 Å². The lowest BCUT2D eigenvalue weighted by molar-refractivity contribution is -0.133. The van der Waals surface area contributed by atoms with Crippen molar-refractivity contribution in [1.29, 1.82) is 0 Å². The van der Waals surface area contributed by atoms with E-state index >= 15 is 0 Å². The number of nitrogens with one attached hydrogen (secondary N) is 3. The quantitative estimate of drug-likeness (QED) is 0.573. The van der Waals surface area contributed by atoms with E-state index in [0.717, 1.165) is 4.90 Å². The first kappa shape index (κ1) is 22.8. The Labute approximate surface area is 186 Å².